The van der Waals surface area contributed by atoms with Crippen LogP contribution in [0.15, 0.2) is 42.6 Å². The second-order valence-corrected chi connectivity index (χ2v) is 6.50. The van der Waals surface area contributed by atoms with Crippen LogP contribution in [0.3, 0.4) is 0 Å². The second kappa shape index (κ2) is 4.91. The van der Waals surface area contributed by atoms with E-state index in [2.05, 4.69) is 73.3 Å². The molecule has 3 rings (SSSR count). The van der Waals surface area contributed by atoms with Gasteiger partial charge in [-0.3, -0.25) is 0 Å². The highest BCUT2D eigenvalue weighted by Gasteiger charge is 2.16. The van der Waals surface area contributed by atoms with Crippen LogP contribution in [-0.2, 0) is 6.54 Å². The number of nitrogens with zero attached hydrogens (tertiary/aromatic N) is 2. The van der Waals surface area contributed by atoms with E-state index in [-0.39, 0.29) is 0 Å². The Kier molecular flexibility index (Phi) is 3.22. The van der Waals surface area contributed by atoms with Crippen LogP contribution in [0.1, 0.15) is 6.42 Å². The number of fused-ring (bicyclic) bond motifs is 3. The summed E-state index contributed by atoms with van der Waals surface area (Å²) in [4.78, 5) is 3.50. The Bertz CT molecular complexity index is 735. The number of benzene rings is 1. The monoisotopic (exact) mass is 269 g/mol. The molecule has 1 aromatic carbocycles. The van der Waals surface area contributed by atoms with Gasteiger partial charge in [-0.05, 0) is 18.2 Å². The number of H-pyrrole nitrogens is 1. The molecule has 0 aliphatic heterocycles. The summed E-state index contributed by atoms with van der Waals surface area (Å²) in [5, 5.41) is 1.31. The fraction of sp³-hybridized carbons (Fsp3) is 0.353. The van der Waals surface area contributed by atoms with Gasteiger partial charge in [-0.15, -0.1) is 0 Å². The molecular weight excluding hydrogens is 246 g/mol. The fourth-order valence-corrected chi connectivity index (χ4v) is 2.80. The average molecular weight is 269 g/mol. The number of rotatable bonds is 4. The van der Waals surface area contributed by atoms with E-state index in [4.69, 9.17) is 0 Å². The first-order valence-corrected chi connectivity index (χ1v) is 7.24. The zero-order valence-corrected chi connectivity index (χ0v) is 12.6. The van der Waals surface area contributed by atoms with Gasteiger partial charge in [0, 0.05) is 6.07 Å². The molecule has 0 fully saturated rings. The summed E-state index contributed by atoms with van der Waals surface area (Å²) in [6.45, 7) is 2.25. The predicted molar refractivity (Wildman–Crippen MR) is 83.5 cm³/mol. The maximum Gasteiger partial charge on any atom is 0.238 e. The first-order valence-electron chi connectivity index (χ1n) is 7.24. The highest BCUT2D eigenvalue weighted by molar-refractivity contribution is 6.02. The van der Waals surface area contributed by atoms with Crippen LogP contribution in [0.25, 0.3) is 21.9 Å². The van der Waals surface area contributed by atoms with Gasteiger partial charge in [0.15, 0.2) is 12.7 Å². The summed E-state index contributed by atoms with van der Waals surface area (Å²) in [5.41, 5.74) is 3.76. The minimum absolute atomic E-state index is 1.02. The smallest absolute Gasteiger partial charge is 0.238 e. The SMILES string of the molecule is C[N+](C)(C)CCC[n+]1cccc2[nH]c3ccccc3c21. The van der Waals surface area contributed by atoms with Gasteiger partial charge < -0.3 is 9.47 Å². The molecule has 0 amide bonds. The number of pyridine rings is 1. The van der Waals surface area contributed by atoms with Crippen molar-refractivity contribution in [2.75, 3.05) is 27.7 Å². The van der Waals surface area contributed by atoms with E-state index in [9.17, 15) is 0 Å². The van der Waals surface area contributed by atoms with Gasteiger partial charge in [0.2, 0.25) is 5.52 Å². The van der Waals surface area contributed by atoms with Crippen molar-refractivity contribution in [3.63, 3.8) is 0 Å². The maximum atomic E-state index is 3.50. The van der Waals surface area contributed by atoms with Crippen LogP contribution in [0.4, 0.5) is 0 Å². The van der Waals surface area contributed by atoms with Crippen molar-refractivity contribution in [3.05, 3.63) is 42.6 Å². The van der Waals surface area contributed by atoms with Crippen molar-refractivity contribution < 1.29 is 9.05 Å². The van der Waals surface area contributed by atoms with Crippen LogP contribution in [0.2, 0.25) is 0 Å². The van der Waals surface area contributed by atoms with Gasteiger partial charge in [0.25, 0.3) is 0 Å². The number of hydrogen-bond acceptors (Lipinski definition) is 0. The predicted octanol–water partition coefficient (Wildman–Crippen LogP) is 2.70. The summed E-state index contributed by atoms with van der Waals surface area (Å²) in [5.74, 6) is 0. The Morgan fingerprint density at radius 3 is 2.55 bits per heavy atom. The number of aromatic amines is 1. The molecule has 0 bridgehead atoms. The first kappa shape index (κ1) is 13.1. The molecule has 2 heterocycles. The van der Waals surface area contributed by atoms with E-state index < -0.39 is 0 Å². The molecule has 104 valence electrons. The Balaban J connectivity index is 1.98. The van der Waals surface area contributed by atoms with Crippen LogP contribution in [0.5, 0.6) is 0 Å². The molecule has 0 atom stereocenters. The normalized spacial score (nSPS) is 12.3. The van der Waals surface area contributed by atoms with E-state index in [0.717, 1.165) is 11.0 Å². The van der Waals surface area contributed by atoms with Gasteiger partial charge in [-0.1, -0.05) is 12.1 Å². The minimum atomic E-state index is 1.02. The van der Waals surface area contributed by atoms with Crippen LogP contribution < -0.4 is 4.57 Å². The summed E-state index contributed by atoms with van der Waals surface area (Å²) in [7, 11) is 6.74. The molecule has 2 aromatic heterocycles. The number of quaternary nitrogens is 1. The van der Waals surface area contributed by atoms with E-state index in [1.54, 1.807) is 0 Å². The quantitative estimate of drug-likeness (QED) is 0.555. The minimum Gasteiger partial charge on any atom is -0.349 e. The van der Waals surface area contributed by atoms with Crippen molar-refractivity contribution in [3.8, 4) is 0 Å². The molecule has 3 nitrogen and oxygen atoms in total. The lowest BCUT2D eigenvalue weighted by Gasteiger charge is -2.22. The Morgan fingerprint density at radius 1 is 1.00 bits per heavy atom. The number of nitrogens with one attached hydrogen (secondary N) is 1. The second-order valence-electron chi connectivity index (χ2n) is 6.50. The van der Waals surface area contributed by atoms with Crippen LogP contribution in [0, 0.1) is 0 Å². The molecule has 3 aromatic rings. The molecule has 0 aliphatic rings. The lowest BCUT2D eigenvalue weighted by Crippen LogP contribution is -2.40. The highest BCUT2D eigenvalue weighted by atomic mass is 15.3. The van der Waals surface area contributed by atoms with E-state index in [1.165, 1.54) is 34.9 Å². The Hall–Kier alpha value is -1.87. The molecule has 0 aliphatic carbocycles. The van der Waals surface area contributed by atoms with Crippen molar-refractivity contribution in [1.29, 1.82) is 0 Å². The third-order valence-corrected chi connectivity index (χ3v) is 3.75. The zero-order valence-electron chi connectivity index (χ0n) is 12.6. The molecule has 20 heavy (non-hydrogen) atoms. The standard InChI is InChI=1S/C17H22N3/c1-20(2,3)13-7-12-19-11-6-10-16-17(19)14-8-4-5-9-15(14)18-16/h4-6,8-11H,7,12-13H2,1-3H3/q+1/p+1. The molecule has 0 saturated heterocycles. The summed E-state index contributed by atoms with van der Waals surface area (Å²) >= 11 is 0. The number of aryl methyl sites for hydroxylation is 1. The Labute approximate surface area is 120 Å². The molecule has 0 radical (unpaired) electrons. The molecule has 3 heteroatoms. The highest BCUT2D eigenvalue weighted by Crippen LogP contribution is 2.21. The van der Waals surface area contributed by atoms with E-state index >= 15 is 0 Å². The zero-order chi connectivity index (χ0) is 14.2. The van der Waals surface area contributed by atoms with Crippen molar-refractivity contribution in [1.82, 2.24) is 4.98 Å². The summed E-state index contributed by atoms with van der Waals surface area (Å²) < 4.78 is 3.40. The largest absolute Gasteiger partial charge is 0.349 e. The summed E-state index contributed by atoms with van der Waals surface area (Å²) in [6.07, 6.45) is 3.38. The summed E-state index contributed by atoms with van der Waals surface area (Å²) in [6, 6.07) is 12.8. The van der Waals surface area contributed by atoms with Crippen molar-refractivity contribution in [2.24, 2.45) is 0 Å². The lowest BCUT2D eigenvalue weighted by atomic mass is 10.2. The maximum absolute atomic E-state index is 3.50. The van der Waals surface area contributed by atoms with Gasteiger partial charge in [-0.25, -0.2) is 0 Å². The molecule has 1 N–H and O–H groups in total. The number of para-hydroxylation sites is 1. The topological polar surface area (TPSA) is 19.7 Å². The third-order valence-electron chi connectivity index (χ3n) is 3.75. The molecular formula is C17H23N3+2. The lowest BCUT2D eigenvalue weighted by molar-refractivity contribution is -0.873. The van der Waals surface area contributed by atoms with Crippen molar-refractivity contribution in [2.45, 2.75) is 13.0 Å². The van der Waals surface area contributed by atoms with Crippen LogP contribution >= 0.6 is 0 Å². The van der Waals surface area contributed by atoms with Crippen LogP contribution in [-0.4, -0.2) is 37.2 Å². The molecule has 0 spiro atoms. The molecule has 0 unspecified atom stereocenters. The average Bonchev–Trinajstić information content (AvgIpc) is 2.76. The van der Waals surface area contributed by atoms with Gasteiger partial charge in [-0.2, -0.15) is 4.57 Å². The van der Waals surface area contributed by atoms with Crippen molar-refractivity contribution >= 4 is 21.9 Å². The van der Waals surface area contributed by atoms with E-state index in [0.29, 0.717) is 0 Å². The molecule has 0 saturated carbocycles. The number of hydrogen-bond donors (Lipinski definition) is 1. The fourth-order valence-electron chi connectivity index (χ4n) is 2.80. The first-order chi connectivity index (χ1) is 9.54. The van der Waals surface area contributed by atoms with Gasteiger partial charge >= 0.3 is 0 Å². The third kappa shape index (κ3) is 2.54. The van der Waals surface area contributed by atoms with E-state index in [1.807, 2.05) is 0 Å². The Morgan fingerprint density at radius 2 is 1.75 bits per heavy atom. The number of aromatic nitrogens is 2. The van der Waals surface area contributed by atoms with Gasteiger partial charge in [0.05, 0.1) is 45.0 Å². The van der Waals surface area contributed by atoms with Gasteiger partial charge in [0.1, 0.15) is 5.52 Å².